The van der Waals surface area contributed by atoms with Crippen LogP contribution >= 0.6 is 0 Å². The summed E-state index contributed by atoms with van der Waals surface area (Å²) in [7, 11) is 0. The van der Waals surface area contributed by atoms with Crippen LogP contribution in [0.5, 0.6) is 5.75 Å². The van der Waals surface area contributed by atoms with E-state index in [0.29, 0.717) is 17.9 Å². The molecule has 5 heteroatoms. The van der Waals surface area contributed by atoms with Crippen molar-refractivity contribution in [2.45, 2.75) is 6.61 Å². The Morgan fingerprint density at radius 2 is 1.81 bits per heavy atom. The van der Waals surface area contributed by atoms with Gasteiger partial charge in [-0.2, -0.15) is 0 Å². The predicted octanol–water partition coefficient (Wildman–Crippen LogP) is 4.17. The van der Waals surface area contributed by atoms with Crippen molar-refractivity contribution in [3.05, 3.63) is 96.4 Å². The Labute approximate surface area is 150 Å². The topological polar surface area (TPSA) is 55.6 Å². The normalized spacial score (nSPS) is 10.6. The molecule has 0 aliphatic carbocycles. The summed E-state index contributed by atoms with van der Waals surface area (Å²) in [4.78, 5) is 16.6. The number of nitrogens with zero attached hydrogens (tertiary/aromatic N) is 2. The van der Waals surface area contributed by atoms with Crippen LogP contribution in [0.2, 0.25) is 0 Å². The first kappa shape index (κ1) is 15.9. The Morgan fingerprint density at radius 3 is 2.62 bits per heavy atom. The number of aromatic nitrogens is 2. The lowest BCUT2D eigenvalue weighted by molar-refractivity contribution is 0.102. The summed E-state index contributed by atoms with van der Waals surface area (Å²) < 4.78 is 7.57. The van der Waals surface area contributed by atoms with E-state index in [0.717, 1.165) is 17.0 Å². The summed E-state index contributed by atoms with van der Waals surface area (Å²) in [5.41, 5.74) is 3.20. The molecule has 0 aliphatic rings. The van der Waals surface area contributed by atoms with Crippen LogP contribution in [0.15, 0.2) is 85.3 Å². The standard InChI is InChI=1S/C21H17N3O2/c25-21(17-6-11-20-22-12-13-24(20)14-17)23-18-7-9-19(10-8-18)26-15-16-4-2-1-3-5-16/h1-14H,15H2,(H,23,25). The first-order chi connectivity index (χ1) is 12.8. The monoisotopic (exact) mass is 343 g/mol. The van der Waals surface area contributed by atoms with Gasteiger partial charge in [0.05, 0.1) is 5.56 Å². The zero-order chi connectivity index (χ0) is 17.8. The van der Waals surface area contributed by atoms with E-state index in [1.165, 1.54) is 0 Å². The van der Waals surface area contributed by atoms with E-state index in [-0.39, 0.29) is 5.91 Å². The molecule has 0 radical (unpaired) electrons. The molecular weight excluding hydrogens is 326 g/mol. The van der Waals surface area contributed by atoms with Gasteiger partial charge in [-0.15, -0.1) is 0 Å². The third kappa shape index (κ3) is 3.57. The van der Waals surface area contributed by atoms with Gasteiger partial charge >= 0.3 is 0 Å². The maximum absolute atomic E-state index is 12.4. The van der Waals surface area contributed by atoms with Crippen molar-refractivity contribution in [2.24, 2.45) is 0 Å². The molecule has 0 spiro atoms. The Balaban J connectivity index is 1.39. The van der Waals surface area contributed by atoms with E-state index in [4.69, 9.17) is 4.74 Å². The average Bonchev–Trinajstić information content (AvgIpc) is 3.16. The molecule has 4 rings (SSSR count). The highest BCUT2D eigenvalue weighted by atomic mass is 16.5. The first-order valence-corrected chi connectivity index (χ1v) is 8.29. The van der Waals surface area contributed by atoms with Crippen LogP contribution in [0.25, 0.3) is 5.65 Å². The lowest BCUT2D eigenvalue weighted by Crippen LogP contribution is -2.12. The summed E-state index contributed by atoms with van der Waals surface area (Å²) in [5.74, 6) is 0.588. The van der Waals surface area contributed by atoms with Gasteiger partial charge in [-0.3, -0.25) is 4.79 Å². The summed E-state index contributed by atoms with van der Waals surface area (Å²) in [5, 5.41) is 2.89. The Kier molecular flexibility index (Phi) is 4.35. The second-order valence-corrected chi connectivity index (χ2v) is 5.86. The van der Waals surface area contributed by atoms with Gasteiger partial charge in [-0.05, 0) is 42.0 Å². The molecule has 2 aromatic heterocycles. The number of rotatable bonds is 5. The average molecular weight is 343 g/mol. The van der Waals surface area contributed by atoms with Crippen LogP contribution in [0.4, 0.5) is 5.69 Å². The van der Waals surface area contributed by atoms with Gasteiger partial charge in [0.25, 0.3) is 5.91 Å². The minimum Gasteiger partial charge on any atom is -0.489 e. The zero-order valence-electron chi connectivity index (χ0n) is 14.0. The van der Waals surface area contributed by atoms with Crippen LogP contribution < -0.4 is 10.1 Å². The van der Waals surface area contributed by atoms with Gasteiger partial charge in [-0.25, -0.2) is 4.98 Å². The summed E-state index contributed by atoms with van der Waals surface area (Å²) in [6, 6.07) is 20.9. The smallest absolute Gasteiger partial charge is 0.257 e. The Hall–Kier alpha value is -3.60. The molecule has 4 aromatic rings. The number of benzene rings is 2. The first-order valence-electron chi connectivity index (χ1n) is 8.29. The number of amides is 1. The summed E-state index contributed by atoms with van der Waals surface area (Å²) in [6.45, 7) is 0.511. The van der Waals surface area contributed by atoms with E-state index in [2.05, 4.69) is 10.3 Å². The number of hydrogen-bond acceptors (Lipinski definition) is 3. The number of nitrogens with one attached hydrogen (secondary N) is 1. The maximum Gasteiger partial charge on any atom is 0.257 e. The van der Waals surface area contributed by atoms with Crippen LogP contribution in [0.1, 0.15) is 15.9 Å². The van der Waals surface area contributed by atoms with Crippen LogP contribution in [0.3, 0.4) is 0 Å². The van der Waals surface area contributed by atoms with Gasteiger partial charge < -0.3 is 14.5 Å². The molecule has 128 valence electrons. The summed E-state index contributed by atoms with van der Waals surface area (Å²) >= 11 is 0. The third-order valence-corrected chi connectivity index (χ3v) is 4.01. The molecule has 0 unspecified atom stereocenters. The molecule has 0 saturated carbocycles. The van der Waals surface area contributed by atoms with Crippen molar-refractivity contribution >= 4 is 17.2 Å². The number of carbonyl (C=O) groups excluding carboxylic acids is 1. The number of anilines is 1. The molecule has 1 N–H and O–H groups in total. The molecule has 0 atom stereocenters. The zero-order valence-corrected chi connectivity index (χ0v) is 14.0. The number of fused-ring (bicyclic) bond motifs is 1. The molecular formula is C21H17N3O2. The highest BCUT2D eigenvalue weighted by molar-refractivity contribution is 6.04. The molecule has 2 heterocycles. The Morgan fingerprint density at radius 1 is 1.00 bits per heavy atom. The molecule has 0 aliphatic heterocycles. The molecule has 5 nitrogen and oxygen atoms in total. The fraction of sp³-hybridized carbons (Fsp3) is 0.0476. The van der Waals surface area contributed by atoms with E-state index in [9.17, 15) is 4.79 Å². The molecule has 1 amide bonds. The molecule has 0 saturated heterocycles. The largest absolute Gasteiger partial charge is 0.489 e. The molecule has 0 fully saturated rings. The molecule has 0 bridgehead atoms. The number of ether oxygens (including phenoxy) is 1. The SMILES string of the molecule is O=C(Nc1ccc(OCc2ccccc2)cc1)c1ccc2nccn2c1. The predicted molar refractivity (Wildman–Crippen MR) is 100 cm³/mol. The van der Waals surface area contributed by atoms with E-state index >= 15 is 0 Å². The second kappa shape index (κ2) is 7.11. The second-order valence-electron chi connectivity index (χ2n) is 5.86. The highest BCUT2D eigenvalue weighted by Gasteiger charge is 2.07. The van der Waals surface area contributed by atoms with Crippen LogP contribution in [0, 0.1) is 0 Å². The van der Waals surface area contributed by atoms with E-state index in [1.807, 2.05) is 71.3 Å². The quantitative estimate of drug-likeness (QED) is 0.592. The number of pyridine rings is 1. The maximum atomic E-state index is 12.4. The molecule has 26 heavy (non-hydrogen) atoms. The van der Waals surface area contributed by atoms with Crippen molar-refractivity contribution < 1.29 is 9.53 Å². The van der Waals surface area contributed by atoms with Gasteiger partial charge in [0.1, 0.15) is 18.0 Å². The van der Waals surface area contributed by atoms with Crippen molar-refractivity contribution in [1.82, 2.24) is 9.38 Å². The minimum absolute atomic E-state index is 0.168. The van der Waals surface area contributed by atoms with E-state index in [1.54, 1.807) is 18.5 Å². The van der Waals surface area contributed by atoms with Crippen molar-refractivity contribution in [2.75, 3.05) is 5.32 Å². The number of carbonyl (C=O) groups is 1. The van der Waals surface area contributed by atoms with Gasteiger partial charge in [-0.1, -0.05) is 30.3 Å². The fourth-order valence-electron chi connectivity index (χ4n) is 2.63. The lowest BCUT2D eigenvalue weighted by atomic mass is 10.2. The minimum atomic E-state index is -0.168. The Bertz CT molecular complexity index is 1020. The summed E-state index contributed by atoms with van der Waals surface area (Å²) in [6.07, 6.45) is 5.27. The van der Waals surface area contributed by atoms with E-state index < -0.39 is 0 Å². The van der Waals surface area contributed by atoms with Crippen LogP contribution in [-0.4, -0.2) is 15.3 Å². The number of hydrogen-bond donors (Lipinski definition) is 1. The van der Waals surface area contributed by atoms with Crippen molar-refractivity contribution in [1.29, 1.82) is 0 Å². The van der Waals surface area contributed by atoms with Crippen LogP contribution in [-0.2, 0) is 6.61 Å². The van der Waals surface area contributed by atoms with Gasteiger partial charge in [0.2, 0.25) is 0 Å². The van der Waals surface area contributed by atoms with Gasteiger partial charge in [0, 0.05) is 24.3 Å². The third-order valence-electron chi connectivity index (χ3n) is 4.01. The highest BCUT2D eigenvalue weighted by Crippen LogP contribution is 2.18. The lowest BCUT2D eigenvalue weighted by Gasteiger charge is -2.09. The number of imidazole rings is 1. The van der Waals surface area contributed by atoms with Crippen molar-refractivity contribution in [3.8, 4) is 5.75 Å². The van der Waals surface area contributed by atoms with Gasteiger partial charge in [0.15, 0.2) is 0 Å². The fourth-order valence-corrected chi connectivity index (χ4v) is 2.63. The van der Waals surface area contributed by atoms with Crippen molar-refractivity contribution in [3.63, 3.8) is 0 Å². The molecule has 2 aromatic carbocycles.